The molecule has 0 aromatic rings. The summed E-state index contributed by atoms with van der Waals surface area (Å²) in [5, 5.41) is 2.93. The molecule has 0 aliphatic carbocycles. The Morgan fingerprint density at radius 3 is 2.69 bits per heavy atom. The van der Waals surface area contributed by atoms with E-state index in [0.29, 0.717) is 6.42 Å². The second-order valence-electron chi connectivity index (χ2n) is 3.15. The Morgan fingerprint density at radius 1 is 1.31 bits per heavy atom. The van der Waals surface area contributed by atoms with E-state index in [1.165, 1.54) is 12.8 Å². The van der Waals surface area contributed by atoms with Crippen LogP contribution in [-0.2, 0) is 4.79 Å². The third kappa shape index (κ3) is 9.74. The molecular weight excluding hydrogens is 182 g/mol. The molecular formula is C10H21NOS. The maximum atomic E-state index is 11.2. The minimum atomic E-state index is 0.213. The van der Waals surface area contributed by atoms with Gasteiger partial charge in [0.15, 0.2) is 0 Å². The van der Waals surface area contributed by atoms with E-state index in [1.807, 2.05) is 0 Å². The van der Waals surface area contributed by atoms with Crippen molar-refractivity contribution in [1.29, 1.82) is 0 Å². The Labute approximate surface area is 85.9 Å². The van der Waals surface area contributed by atoms with Gasteiger partial charge in [0.05, 0.1) is 0 Å². The number of thioether (sulfide) groups is 1. The minimum Gasteiger partial charge on any atom is -0.356 e. The first-order chi connectivity index (χ1) is 6.31. The van der Waals surface area contributed by atoms with Gasteiger partial charge >= 0.3 is 0 Å². The van der Waals surface area contributed by atoms with Crippen molar-refractivity contribution in [3.63, 3.8) is 0 Å². The SMILES string of the molecule is CCCCCNC(=O)CCCSC. The number of rotatable bonds is 8. The van der Waals surface area contributed by atoms with E-state index < -0.39 is 0 Å². The van der Waals surface area contributed by atoms with Gasteiger partial charge in [0.1, 0.15) is 0 Å². The monoisotopic (exact) mass is 203 g/mol. The predicted octanol–water partition coefficient (Wildman–Crippen LogP) is 2.44. The lowest BCUT2D eigenvalue weighted by atomic mass is 10.2. The zero-order chi connectivity index (χ0) is 9.94. The first-order valence-electron chi connectivity index (χ1n) is 5.07. The predicted molar refractivity (Wildman–Crippen MR) is 60.2 cm³/mol. The highest BCUT2D eigenvalue weighted by atomic mass is 32.2. The molecule has 0 atom stereocenters. The number of carbonyl (C=O) groups is 1. The number of unbranched alkanes of at least 4 members (excludes halogenated alkanes) is 2. The lowest BCUT2D eigenvalue weighted by molar-refractivity contribution is -0.121. The summed E-state index contributed by atoms with van der Waals surface area (Å²) >= 11 is 1.80. The van der Waals surface area contributed by atoms with E-state index in [0.717, 1.165) is 25.1 Å². The maximum absolute atomic E-state index is 11.2. The van der Waals surface area contributed by atoms with Gasteiger partial charge in [-0.3, -0.25) is 4.79 Å². The average Bonchev–Trinajstić information content (AvgIpc) is 2.13. The quantitative estimate of drug-likeness (QED) is 0.614. The van der Waals surface area contributed by atoms with Crippen LogP contribution >= 0.6 is 11.8 Å². The summed E-state index contributed by atoms with van der Waals surface area (Å²) in [5.41, 5.74) is 0. The van der Waals surface area contributed by atoms with Gasteiger partial charge < -0.3 is 5.32 Å². The largest absolute Gasteiger partial charge is 0.356 e. The Bertz CT molecular complexity index is 128. The molecule has 2 nitrogen and oxygen atoms in total. The Hall–Kier alpha value is -0.180. The third-order valence-corrected chi connectivity index (χ3v) is 2.55. The summed E-state index contributed by atoms with van der Waals surface area (Å²) in [5.74, 6) is 1.30. The minimum absolute atomic E-state index is 0.213. The molecule has 0 rings (SSSR count). The van der Waals surface area contributed by atoms with Crippen molar-refractivity contribution < 1.29 is 4.79 Å². The van der Waals surface area contributed by atoms with Gasteiger partial charge in [-0.2, -0.15) is 11.8 Å². The molecule has 0 aliphatic heterocycles. The molecule has 0 heterocycles. The van der Waals surface area contributed by atoms with E-state index in [9.17, 15) is 4.79 Å². The number of nitrogens with one attached hydrogen (secondary N) is 1. The molecule has 0 aromatic carbocycles. The van der Waals surface area contributed by atoms with Crippen LogP contribution in [0.15, 0.2) is 0 Å². The lowest BCUT2D eigenvalue weighted by Gasteiger charge is -2.03. The van der Waals surface area contributed by atoms with E-state index in [4.69, 9.17) is 0 Å². The first kappa shape index (κ1) is 12.8. The smallest absolute Gasteiger partial charge is 0.220 e. The van der Waals surface area contributed by atoms with Crippen LogP contribution in [0.25, 0.3) is 0 Å². The molecule has 0 aromatic heterocycles. The van der Waals surface area contributed by atoms with Crippen molar-refractivity contribution in [2.75, 3.05) is 18.6 Å². The van der Waals surface area contributed by atoms with E-state index >= 15 is 0 Å². The van der Waals surface area contributed by atoms with Crippen LogP contribution in [0, 0.1) is 0 Å². The molecule has 0 bridgehead atoms. The van der Waals surface area contributed by atoms with Gasteiger partial charge in [0.2, 0.25) is 5.91 Å². The van der Waals surface area contributed by atoms with Crippen LogP contribution < -0.4 is 5.32 Å². The molecule has 0 aliphatic rings. The van der Waals surface area contributed by atoms with Gasteiger partial charge in [0, 0.05) is 13.0 Å². The van der Waals surface area contributed by atoms with E-state index in [-0.39, 0.29) is 5.91 Å². The van der Waals surface area contributed by atoms with Crippen LogP contribution in [0.2, 0.25) is 0 Å². The fourth-order valence-electron chi connectivity index (χ4n) is 1.07. The lowest BCUT2D eigenvalue weighted by Crippen LogP contribution is -2.24. The van der Waals surface area contributed by atoms with Crippen molar-refractivity contribution in [3.05, 3.63) is 0 Å². The summed E-state index contributed by atoms with van der Waals surface area (Å²) in [7, 11) is 0. The highest BCUT2D eigenvalue weighted by Crippen LogP contribution is 1.99. The highest BCUT2D eigenvalue weighted by molar-refractivity contribution is 7.98. The molecule has 0 unspecified atom stereocenters. The molecule has 0 saturated carbocycles. The van der Waals surface area contributed by atoms with Gasteiger partial charge in [-0.15, -0.1) is 0 Å². The first-order valence-corrected chi connectivity index (χ1v) is 6.46. The molecule has 1 amide bonds. The van der Waals surface area contributed by atoms with Crippen molar-refractivity contribution in [3.8, 4) is 0 Å². The third-order valence-electron chi connectivity index (χ3n) is 1.85. The zero-order valence-electron chi connectivity index (χ0n) is 8.77. The standard InChI is InChI=1S/C10H21NOS/c1-3-4-5-8-11-10(12)7-6-9-13-2/h3-9H2,1-2H3,(H,11,12). The van der Waals surface area contributed by atoms with E-state index in [2.05, 4.69) is 18.5 Å². The topological polar surface area (TPSA) is 29.1 Å². The molecule has 3 heteroatoms. The fraction of sp³-hybridized carbons (Fsp3) is 0.900. The summed E-state index contributed by atoms with van der Waals surface area (Å²) in [6, 6.07) is 0. The molecule has 0 radical (unpaired) electrons. The number of hydrogen-bond acceptors (Lipinski definition) is 2. The molecule has 13 heavy (non-hydrogen) atoms. The van der Waals surface area contributed by atoms with Crippen molar-refractivity contribution in [2.45, 2.75) is 39.0 Å². The zero-order valence-corrected chi connectivity index (χ0v) is 9.58. The summed E-state index contributed by atoms with van der Waals surface area (Å²) in [6.45, 7) is 3.02. The Morgan fingerprint density at radius 2 is 2.08 bits per heavy atom. The number of hydrogen-bond donors (Lipinski definition) is 1. The maximum Gasteiger partial charge on any atom is 0.220 e. The van der Waals surface area contributed by atoms with Gasteiger partial charge in [-0.25, -0.2) is 0 Å². The second kappa shape index (κ2) is 9.90. The van der Waals surface area contributed by atoms with Crippen molar-refractivity contribution in [1.82, 2.24) is 5.32 Å². The van der Waals surface area contributed by atoms with Gasteiger partial charge in [0.25, 0.3) is 0 Å². The second-order valence-corrected chi connectivity index (χ2v) is 4.14. The summed E-state index contributed by atoms with van der Waals surface area (Å²) < 4.78 is 0. The molecule has 0 fully saturated rings. The van der Waals surface area contributed by atoms with E-state index in [1.54, 1.807) is 11.8 Å². The fourth-order valence-corrected chi connectivity index (χ4v) is 1.50. The highest BCUT2D eigenvalue weighted by Gasteiger charge is 1.98. The molecule has 1 N–H and O–H groups in total. The van der Waals surface area contributed by atoms with Crippen LogP contribution in [0.5, 0.6) is 0 Å². The normalized spacial score (nSPS) is 10.0. The molecule has 78 valence electrons. The Balaban J connectivity index is 3.11. The average molecular weight is 203 g/mol. The number of amides is 1. The van der Waals surface area contributed by atoms with Crippen LogP contribution in [0.1, 0.15) is 39.0 Å². The summed E-state index contributed by atoms with van der Waals surface area (Å²) in [6.07, 6.45) is 7.30. The molecule has 0 saturated heterocycles. The van der Waals surface area contributed by atoms with Crippen molar-refractivity contribution in [2.24, 2.45) is 0 Å². The van der Waals surface area contributed by atoms with Gasteiger partial charge in [-0.1, -0.05) is 19.8 Å². The summed E-state index contributed by atoms with van der Waals surface area (Å²) in [4.78, 5) is 11.2. The molecule has 0 spiro atoms. The van der Waals surface area contributed by atoms with Crippen molar-refractivity contribution >= 4 is 17.7 Å². The number of carbonyl (C=O) groups excluding carboxylic acids is 1. The van der Waals surface area contributed by atoms with Crippen LogP contribution in [-0.4, -0.2) is 24.5 Å². The van der Waals surface area contributed by atoms with Gasteiger partial charge in [-0.05, 0) is 24.9 Å². The van der Waals surface area contributed by atoms with Crippen LogP contribution in [0.4, 0.5) is 0 Å². The Kier molecular flexibility index (Phi) is 9.77. The van der Waals surface area contributed by atoms with Crippen LogP contribution in [0.3, 0.4) is 0 Å².